The van der Waals surface area contributed by atoms with Crippen molar-refractivity contribution in [2.45, 2.75) is 26.3 Å². The van der Waals surface area contributed by atoms with Crippen LogP contribution in [0.3, 0.4) is 0 Å². The van der Waals surface area contributed by atoms with Gasteiger partial charge < -0.3 is 5.32 Å². The predicted octanol–water partition coefficient (Wildman–Crippen LogP) is 4.36. The maximum atomic E-state index is 5.78. The zero-order chi connectivity index (χ0) is 12.1. The van der Waals surface area contributed by atoms with Crippen LogP contribution in [0.25, 0.3) is 0 Å². The van der Waals surface area contributed by atoms with Gasteiger partial charge in [0.25, 0.3) is 0 Å². The van der Waals surface area contributed by atoms with Gasteiger partial charge in [0.2, 0.25) is 0 Å². The second kappa shape index (κ2) is 6.03. The molecule has 0 radical (unpaired) electrons. The van der Waals surface area contributed by atoms with Crippen molar-refractivity contribution in [3.8, 4) is 0 Å². The van der Waals surface area contributed by atoms with Crippen molar-refractivity contribution in [3.63, 3.8) is 0 Å². The lowest BCUT2D eigenvalue weighted by molar-refractivity contribution is 0.922. The van der Waals surface area contributed by atoms with Crippen molar-refractivity contribution >= 4 is 28.6 Å². The molecule has 2 rings (SSSR count). The molecule has 0 spiro atoms. The van der Waals surface area contributed by atoms with Crippen molar-refractivity contribution in [3.05, 3.63) is 45.4 Å². The number of aromatic nitrogens is 1. The van der Waals surface area contributed by atoms with Crippen LogP contribution in [0.15, 0.2) is 30.5 Å². The molecule has 1 N–H and O–H groups in total. The van der Waals surface area contributed by atoms with E-state index in [1.165, 1.54) is 23.3 Å². The number of hydrogen-bond donors (Lipinski definition) is 1. The molecule has 2 nitrogen and oxygen atoms in total. The van der Waals surface area contributed by atoms with Gasteiger partial charge in [-0.25, -0.2) is 4.98 Å². The second-order valence-electron chi connectivity index (χ2n) is 3.88. The van der Waals surface area contributed by atoms with Crippen LogP contribution < -0.4 is 5.32 Å². The molecule has 0 aliphatic carbocycles. The van der Waals surface area contributed by atoms with Crippen molar-refractivity contribution in [1.29, 1.82) is 0 Å². The maximum absolute atomic E-state index is 5.78. The number of thiazole rings is 1. The van der Waals surface area contributed by atoms with Crippen LogP contribution >= 0.6 is 22.9 Å². The summed E-state index contributed by atoms with van der Waals surface area (Å²) in [7, 11) is 0. The van der Waals surface area contributed by atoms with Crippen molar-refractivity contribution in [1.82, 2.24) is 4.98 Å². The van der Waals surface area contributed by atoms with Crippen LogP contribution in [0, 0.1) is 0 Å². The highest BCUT2D eigenvalue weighted by atomic mass is 35.5. The lowest BCUT2D eigenvalue weighted by atomic mass is 10.1. The Bertz CT molecular complexity index is 465. The van der Waals surface area contributed by atoms with E-state index in [4.69, 9.17) is 11.6 Å². The first-order valence-corrected chi connectivity index (χ1v) is 6.90. The van der Waals surface area contributed by atoms with E-state index in [9.17, 15) is 0 Å². The number of halogens is 1. The molecule has 1 heterocycles. The number of nitrogens with zero attached hydrogens (tertiary/aromatic N) is 1. The van der Waals surface area contributed by atoms with Crippen LogP contribution in [0.5, 0.6) is 0 Å². The smallest absolute Gasteiger partial charge is 0.183 e. The first kappa shape index (κ1) is 12.4. The SMILES string of the molecule is CCCc1ccc(NCc2cnc(Cl)s2)cc1. The van der Waals surface area contributed by atoms with Gasteiger partial charge in [0.1, 0.15) is 0 Å². The summed E-state index contributed by atoms with van der Waals surface area (Å²) in [6.45, 7) is 2.97. The van der Waals surface area contributed by atoms with E-state index in [2.05, 4.69) is 41.5 Å². The molecule has 0 saturated carbocycles. The summed E-state index contributed by atoms with van der Waals surface area (Å²) in [5.41, 5.74) is 2.52. The minimum Gasteiger partial charge on any atom is -0.380 e. The lowest BCUT2D eigenvalue weighted by Gasteiger charge is -2.05. The topological polar surface area (TPSA) is 24.9 Å². The molecule has 1 aromatic carbocycles. The Hall–Kier alpha value is -1.06. The molecule has 0 amide bonds. The molecule has 2 aromatic rings. The van der Waals surface area contributed by atoms with Gasteiger partial charge >= 0.3 is 0 Å². The number of hydrogen-bond acceptors (Lipinski definition) is 3. The largest absolute Gasteiger partial charge is 0.380 e. The summed E-state index contributed by atoms with van der Waals surface area (Å²) in [5.74, 6) is 0. The normalized spacial score (nSPS) is 10.5. The van der Waals surface area contributed by atoms with Crippen molar-refractivity contribution in [2.75, 3.05) is 5.32 Å². The summed E-state index contributed by atoms with van der Waals surface area (Å²) in [4.78, 5) is 5.16. The Kier molecular flexibility index (Phi) is 4.40. The third kappa shape index (κ3) is 3.72. The average molecular weight is 267 g/mol. The van der Waals surface area contributed by atoms with Gasteiger partial charge in [0.05, 0.1) is 6.54 Å². The fourth-order valence-electron chi connectivity index (χ4n) is 1.63. The van der Waals surface area contributed by atoms with Crippen LogP contribution in [-0.4, -0.2) is 4.98 Å². The van der Waals surface area contributed by atoms with Crippen LogP contribution in [0.4, 0.5) is 5.69 Å². The van der Waals surface area contributed by atoms with Gasteiger partial charge in [-0.15, -0.1) is 11.3 Å². The van der Waals surface area contributed by atoms with Crippen LogP contribution in [0.2, 0.25) is 4.47 Å². The number of anilines is 1. The highest BCUT2D eigenvalue weighted by molar-refractivity contribution is 7.15. The Labute approximate surface area is 111 Å². The molecule has 0 fully saturated rings. The van der Waals surface area contributed by atoms with E-state index in [-0.39, 0.29) is 0 Å². The highest BCUT2D eigenvalue weighted by Gasteiger charge is 1.99. The van der Waals surface area contributed by atoms with Crippen LogP contribution in [0.1, 0.15) is 23.8 Å². The summed E-state index contributed by atoms with van der Waals surface area (Å²) < 4.78 is 0.597. The van der Waals surface area contributed by atoms with Gasteiger partial charge in [-0.3, -0.25) is 0 Å². The molecule has 17 heavy (non-hydrogen) atoms. The Morgan fingerprint density at radius 1 is 1.29 bits per heavy atom. The third-order valence-electron chi connectivity index (χ3n) is 2.48. The molecule has 0 atom stereocenters. The Balaban J connectivity index is 1.90. The fourth-order valence-corrected chi connectivity index (χ4v) is 2.55. The average Bonchev–Trinajstić information content (AvgIpc) is 2.75. The Morgan fingerprint density at radius 2 is 2.06 bits per heavy atom. The van der Waals surface area contributed by atoms with E-state index in [1.807, 2.05) is 6.20 Å². The zero-order valence-electron chi connectivity index (χ0n) is 9.74. The molecule has 0 aliphatic heterocycles. The van der Waals surface area contributed by atoms with Gasteiger partial charge in [-0.1, -0.05) is 37.1 Å². The molecule has 0 bridgehead atoms. The van der Waals surface area contributed by atoms with Crippen LogP contribution in [-0.2, 0) is 13.0 Å². The predicted molar refractivity (Wildman–Crippen MR) is 74.9 cm³/mol. The molecule has 0 aliphatic rings. The number of benzene rings is 1. The van der Waals surface area contributed by atoms with Gasteiger partial charge in [-0.05, 0) is 24.1 Å². The molecule has 0 saturated heterocycles. The summed E-state index contributed by atoms with van der Waals surface area (Å²) in [6, 6.07) is 8.58. The molecular formula is C13H15ClN2S. The summed E-state index contributed by atoms with van der Waals surface area (Å²) in [5, 5.41) is 3.36. The minimum atomic E-state index is 0.597. The van der Waals surface area contributed by atoms with Gasteiger partial charge in [0, 0.05) is 16.8 Å². The molecular weight excluding hydrogens is 252 g/mol. The fraction of sp³-hybridized carbons (Fsp3) is 0.308. The number of aryl methyl sites for hydroxylation is 1. The number of nitrogens with one attached hydrogen (secondary N) is 1. The first-order chi connectivity index (χ1) is 8.28. The van der Waals surface area contributed by atoms with E-state index in [0.717, 1.165) is 23.5 Å². The van der Waals surface area contributed by atoms with E-state index >= 15 is 0 Å². The quantitative estimate of drug-likeness (QED) is 0.870. The zero-order valence-corrected chi connectivity index (χ0v) is 11.3. The van der Waals surface area contributed by atoms with Crippen molar-refractivity contribution < 1.29 is 0 Å². The van der Waals surface area contributed by atoms with Gasteiger partial charge in [0.15, 0.2) is 4.47 Å². The highest BCUT2D eigenvalue weighted by Crippen LogP contribution is 2.19. The monoisotopic (exact) mass is 266 g/mol. The van der Waals surface area contributed by atoms with E-state index < -0.39 is 0 Å². The van der Waals surface area contributed by atoms with E-state index in [0.29, 0.717) is 4.47 Å². The minimum absolute atomic E-state index is 0.597. The molecule has 1 aromatic heterocycles. The molecule has 4 heteroatoms. The van der Waals surface area contributed by atoms with Gasteiger partial charge in [-0.2, -0.15) is 0 Å². The van der Waals surface area contributed by atoms with E-state index in [1.54, 1.807) is 0 Å². The second-order valence-corrected chi connectivity index (χ2v) is 5.58. The maximum Gasteiger partial charge on any atom is 0.183 e. The lowest BCUT2D eigenvalue weighted by Crippen LogP contribution is -1.97. The standard InChI is InChI=1S/C13H15ClN2S/c1-2-3-10-4-6-11(7-5-10)15-8-12-9-16-13(14)17-12/h4-7,9,15H,2-3,8H2,1H3. The third-order valence-corrected chi connectivity index (χ3v) is 3.60. The summed E-state index contributed by atoms with van der Waals surface area (Å²) in [6.07, 6.45) is 4.14. The first-order valence-electron chi connectivity index (χ1n) is 5.71. The Morgan fingerprint density at radius 3 is 2.65 bits per heavy atom. The molecule has 0 unspecified atom stereocenters. The molecule has 90 valence electrons. The van der Waals surface area contributed by atoms with Crippen molar-refractivity contribution in [2.24, 2.45) is 0 Å². The number of rotatable bonds is 5. The summed E-state index contributed by atoms with van der Waals surface area (Å²) >= 11 is 7.29.